The maximum atomic E-state index is 12.2. The van der Waals surface area contributed by atoms with Gasteiger partial charge in [-0.3, -0.25) is 4.79 Å². The monoisotopic (exact) mass is 291 g/mol. The van der Waals surface area contributed by atoms with Gasteiger partial charge in [-0.15, -0.1) is 11.3 Å². The van der Waals surface area contributed by atoms with Crippen LogP contribution < -0.4 is 10.8 Å². The normalized spacial score (nSPS) is 17.5. The summed E-state index contributed by atoms with van der Waals surface area (Å²) >= 11 is 1.75. The van der Waals surface area contributed by atoms with Crippen molar-refractivity contribution in [2.24, 2.45) is 0 Å². The van der Waals surface area contributed by atoms with Crippen LogP contribution in [0.25, 0.3) is 10.8 Å². The van der Waals surface area contributed by atoms with Gasteiger partial charge in [0.05, 0.1) is 5.69 Å². The summed E-state index contributed by atoms with van der Waals surface area (Å²) in [7, 11) is 2.10. The van der Waals surface area contributed by atoms with Crippen molar-refractivity contribution in [2.75, 3.05) is 5.32 Å². The van der Waals surface area contributed by atoms with Gasteiger partial charge in [-0.1, -0.05) is 47.9 Å². The minimum atomic E-state index is 0.106. The zero-order valence-electron chi connectivity index (χ0n) is 11.7. The first-order valence-corrected chi connectivity index (χ1v) is 7.97. The summed E-state index contributed by atoms with van der Waals surface area (Å²) in [6.45, 7) is 0. The fourth-order valence-electron chi connectivity index (χ4n) is 3.09. The van der Waals surface area contributed by atoms with E-state index in [-0.39, 0.29) is 11.8 Å². The van der Waals surface area contributed by atoms with Crippen molar-refractivity contribution in [3.63, 3.8) is 0 Å². The first-order chi connectivity index (χ1) is 10.2. The number of amides is 1. The molecule has 0 aliphatic carbocycles. The molecule has 3 aromatic rings. The van der Waals surface area contributed by atoms with Crippen molar-refractivity contribution in [3.05, 3.63) is 58.3 Å². The Hall–Kier alpha value is -2.07. The van der Waals surface area contributed by atoms with Crippen LogP contribution in [0.15, 0.2) is 47.8 Å². The summed E-state index contributed by atoms with van der Waals surface area (Å²) < 4.78 is 0. The van der Waals surface area contributed by atoms with Gasteiger partial charge in [-0.2, -0.15) is 0 Å². The summed E-state index contributed by atoms with van der Waals surface area (Å²) in [5, 5.41) is 7.52. The van der Waals surface area contributed by atoms with E-state index in [1.54, 1.807) is 11.3 Å². The number of rotatable bonds is 1. The summed E-state index contributed by atoms with van der Waals surface area (Å²) in [4.78, 5) is 13.4. The van der Waals surface area contributed by atoms with E-state index in [4.69, 9.17) is 0 Å². The van der Waals surface area contributed by atoms with E-state index >= 15 is 0 Å². The Morgan fingerprint density at radius 2 is 2.05 bits per heavy atom. The molecular formula is C17H14BNOS. The van der Waals surface area contributed by atoms with E-state index in [9.17, 15) is 4.79 Å². The first-order valence-electron chi connectivity index (χ1n) is 7.09. The predicted molar refractivity (Wildman–Crippen MR) is 91.5 cm³/mol. The van der Waals surface area contributed by atoms with E-state index in [1.165, 1.54) is 21.3 Å². The topological polar surface area (TPSA) is 29.1 Å². The second-order valence-corrected chi connectivity index (χ2v) is 6.53. The van der Waals surface area contributed by atoms with E-state index in [0.29, 0.717) is 6.42 Å². The van der Waals surface area contributed by atoms with E-state index in [2.05, 4.69) is 48.9 Å². The number of hydrogen-bond acceptors (Lipinski definition) is 2. The molecule has 2 heterocycles. The number of carbonyl (C=O) groups is 1. The lowest BCUT2D eigenvalue weighted by Crippen LogP contribution is -2.23. The molecule has 0 spiro atoms. The summed E-state index contributed by atoms with van der Waals surface area (Å²) in [6, 6.07) is 14.7. The largest absolute Gasteiger partial charge is 0.325 e. The molecule has 1 amide bonds. The molecule has 0 saturated heterocycles. The lowest BCUT2D eigenvalue weighted by Gasteiger charge is -2.26. The van der Waals surface area contributed by atoms with Gasteiger partial charge in [0.2, 0.25) is 5.91 Å². The minimum absolute atomic E-state index is 0.106. The Bertz CT molecular complexity index is 855. The Morgan fingerprint density at radius 3 is 2.86 bits per heavy atom. The van der Waals surface area contributed by atoms with Gasteiger partial charge >= 0.3 is 0 Å². The molecule has 21 heavy (non-hydrogen) atoms. The van der Waals surface area contributed by atoms with E-state index in [0.717, 1.165) is 11.1 Å². The van der Waals surface area contributed by atoms with Gasteiger partial charge in [-0.05, 0) is 16.3 Å². The molecule has 4 rings (SSSR count). The molecule has 1 unspecified atom stereocenters. The maximum absolute atomic E-state index is 12.2. The predicted octanol–water partition coefficient (Wildman–Crippen LogP) is 2.63. The number of thiophene rings is 1. The Balaban J connectivity index is 1.95. The van der Waals surface area contributed by atoms with Gasteiger partial charge in [0.15, 0.2) is 0 Å². The highest BCUT2D eigenvalue weighted by atomic mass is 32.1. The number of benzene rings is 2. The lowest BCUT2D eigenvalue weighted by molar-refractivity contribution is -0.116. The molecule has 1 aromatic heterocycles. The highest BCUT2D eigenvalue weighted by Gasteiger charge is 2.28. The maximum Gasteiger partial charge on any atom is 0.225 e. The molecule has 2 nitrogen and oxygen atoms in total. The third-order valence-corrected chi connectivity index (χ3v) is 5.25. The molecule has 4 heteroatoms. The molecule has 102 valence electrons. The van der Waals surface area contributed by atoms with Crippen LogP contribution in [0.4, 0.5) is 5.69 Å². The quantitative estimate of drug-likeness (QED) is 0.686. The minimum Gasteiger partial charge on any atom is -0.325 e. The van der Waals surface area contributed by atoms with Crippen LogP contribution in [0.2, 0.25) is 0 Å². The number of anilines is 1. The zero-order chi connectivity index (χ0) is 14.4. The third kappa shape index (κ3) is 2.07. The zero-order valence-corrected chi connectivity index (χ0v) is 12.5. The van der Waals surface area contributed by atoms with Crippen LogP contribution in [0.3, 0.4) is 0 Å². The summed E-state index contributed by atoms with van der Waals surface area (Å²) in [5.41, 5.74) is 3.49. The average Bonchev–Trinajstić information content (AvgIpc) is 2.93. The van der Waals surface area contributed by atoms with Crippen LogP contribution in [0.5, 0.6) is 0 Å². The second kappa shape index (κ2) is 4.74. The molecule has 0 fully saturated rings. The lowest BCUT2D eigenvalue weighted by atomic mass is 9.86. The van der Waals surface area contributed by atoms with Gasteiger partial charge in [0.25, 0.3) is 0 Å². The fraction of sp³-hybridized carbons (Fsp3) is 0.118. The molecule has 1 aliphatic heterocycles. The van der Waals surface area contributed by atoms with Crippen molar-refractivity contribution in [1.29, 1.82) is 0 Å². The molecule has 0 bridgehead atoms. The SMILES string of the molecule is Bc1csc(C2CC(=O)Nc3c2ccc2ccccc32)c1. The van der Waals surface area contributed by atoms with Crippen molar-refractivity contribution in [2.45, 2.75) is 12.3 Å². The summed E-state index contributed by atoms with van der Waals surface area (Å²) in [5.74, 6) is 0.284. The van der Waals surface area contributed by atoms with Gasteiger partial charge < -0.3 is 5.32 Å². The van der Waals surface area contributed by atoms with Crippen molar-refractivity contribution in [1.82, 2.24) is 0 Å². The van der Waals surface area contributed by atoms with Crippen molar-refractivity contribution >= 4 is 47.0 Å². The average molecular weight is 291 g/mol. The van der Waals surface area contributed by atoms with Crippen LogP contribution in [-0.2, 0) is 4.79 Å². The van der Waals surface area contributed by atoms with Gasteiger partial charge in [0, 0.05) is 22.6 Å². The molecule has 0 radical (unpaired) electrons. The summed E-state index contributed by atoms with van der Waals surface area (Å²) in [6.07, 6.45) is 0.533. The van der Waals surface area contributed by atoms with Gasteiger partial charge in [-0.25, -0.2) is 0 Å². The van der Waals surface area contributed by atoms with Crippen LogP contribution in [0.1, 0.15) is 22.8 Å². The molecular weight excluding hydrogens is 277 g/mol. The number of carbonyl (C=O) groups excluding carboxylic acids is 1. The van der Waals surface area contributed by atoms with Crippen molar-refractivity contribution in [3.8, 4) is 0 Å². The number of fused-ring (bicyclic) bond motifs is 3. The number of hydrogen-bond donors (Lipinski definition) is 1. The smallest absolute Gasteiger partial charge is 0.225 e. The van der Waals surface area contributed by atoms with Crippen molar-refractivity contribution < 1.29 is 4.79 Å². The Kier molecular flexibility index (Phi) is 2.86. The Morgan fingerprint density at radius 1 is 1.19 bits per heavy atom. The van der Waals surface area contributed by atoms with Crippen LogP contribution >= 0.6 is 11.3 Å². The third-order valence-electron chi connectivity index (χ3n) is 4.08. The molecule has 1 N–H and O–H groups in total. The fourth-order valence-corrected chi connectivity index (χ4v) is 4.11. The highest BCUT2D eigenvalue weighted by molar-refractivity contribution is 7.11. The molecule has 2 aromatic carbocycles. The van der Waals surface area contributed by atoms with Crippen LogP contribution in [0, 0.1) is 0 Å². The standard InChI is InChI=1S/C17H14BNOS/c18-11-7-15(21-9-11)14-8-16(20)19-17-12-4-2-1-3-10(12)5-6-13(14)17/h1-7,9,14H,8,18H2,(H,19,20). The second-order valence-electron chi connectivity index (χ2n) is 5.58. The number of nitrogens with one attached hydrogen (secondary N) is 1. The molecule has 0 saturated carbocycles. The molecule has 1 aliphatic rings. The first kappa shape index (κ1) is 12.7. The van der Waals surface area contributed by atoms with Gasteiger partial charge in [0.1, 0.15) is 7.85 Å². The molecule has 1 atom stereocenters. The van der Waals surface area contributed by atoms with Crippen LogP contribution in [-0.4, -0.2) is 13.8 Å². The highest BCUT2D eigenvalue weighted by Crippen LogP contribution is 2.41. The van der Waals surface area contributed by atoms with E-state index in [1.807, 2.05) is 12.1 Å². The Labute approximate surface area is 128 Å². The van der Waals surface area contributed by atoms with E-state index < -0.39 is 0 Å².